The van der Waals surface area contributed by atoms with Crippen molar-refractivity contribution in [3.63, 3.8) is 0 Å². The highest BCUT2D eigenvalue weighted by Gasteiger charge is 2.20. The van der Waals surface area contributed by atoms with Crippen LogP contribution in [-0.4, -0.2) is 12.0 Å². The van der Waals surface area contributed by atoms with Crippen molar-refractivity contribution in [2.75, 3.05) is 7.11 Å². The Hall–Kier alpha value is -2.51. The molecule has 0 saturated carbocycles. The Morgan fingerprint density at radius 1 is 1.17 bits per heavy atom. The molecule has 0 spiro atoms. The van der Waals surface area contributed by atoms with Gasteiger partial charge in [0, 0.05) is 17.7 Å². The van der Waals surface area contributed by atoms with Crippen molar-refractivity contribution in [2.24, 2.45) is 7.05 Å². The fourth-order valence-corrected chi connectivity index (χ4v) is 4.01. The van der Waals surface area contributed by atoms with Crippen LogP contribution in [0, 0.1) is 10.1 Å². The highest BCUT2D eigenvalue weighted by molar-refractivity contribution is 7.63. The normalized spacial score (nSPS) is 10.6. The summed E-state index contributed by atoms with van der Waals surface area (Å²) in [5.41, 5.74) is 2.63. The Bertz CT molecular complexity index is 905. The minimum absolute atomic E-state index is 0.0547. The van der Waals surface area contributed by atoms with E-state index in [0.29, 0.717) is 4.21 Å². The van der Waals surface area contributed by atoms with Crippen molar-refractivity contribution in [1.29, 1.82) is 0 Å². The van der Waals surface area contributed by atoms with Crippen LogP contribution in [-0.2, 0) is 19.7 Å². The molecule has 0 aliphatic heterocycles. The predicted molar refractivity (Wildman–Crippen MR) is 95.2 cm³/mol. The third kappa shape index (κ3) is 2.95. The maximum Gasteiger partial charge on any atom is 0.270 e. The molecule has 0 aliphatic carbocycles. The summed E-state index contributed by atoms with van der Waals surface area (Å²) in [5, 5.41) is 12.0. The largest absolute Gasteiger partial charge is 0.497 e. The molecule has 0 bridgehead atoms. The molecule has 1 aromatic heterocycles. The molecule has 0 fully saturated rings. The molecular weight excluding hydrogens is 344 g/mol. The van der Waals surface area contributed by atoms with E-state index in [4.69, 9.17) is 17.4 Å². The molecule has 0 aliphatic rings. The molecule has 1 heterocycles. The molecule has 0 saturated heterocycles. The number of nitrogens with zero attached hydrogens (tertiary/aromatic N) is 2. The highest BCUT2D eigenvalue weighted by atomic mass is 32.2. The second-order valence-corrected chi connectivity index (χ2v) is 6.80. The molecule has 3 aromatic rings. The average molecular weight is 358 g/mol. The van der Waals surface area contributed by atoms with Gasteiger partial charge in [-0.25, -0.2) is 4.57 Å². The molecular formula is C17H14N2O3S2. The minimum Gasteiger partial charge on any atom is -0.497 e. The standard InChI is InChI=1S/C17H14N2O3S2/c1-18-15(12-4-3-5-13(10-12)19(20)21)17(23)24-16(18)11-6-8-14(22-2)9-7-11/h3-10H,1-2H3. The van der Waals surface area contributed by atoms with Crippen LogP contribution in [0.25, 0.3) is 21.8 Å². The molecule has 0 amide bonds. The lowest BCUT2D eigenvalue weighted by Gasteiger charge is -2.03. The molecule has 0 radical (unpaired) electrons. The summed E-state index contributed by atoms with van der Waals surface area (Å²) in [7, 11) is 3.54. The maximum atomic E-state index is 11.0. The maximum absolute atomic E-state index is 11.0. The van der Waals surface area contributed by atoms with Gasteiger partial charge in [0.1, 0.15) is 12.8 Å². The minimum atomic E-state index is -0.400. The van der Waals surface area contributed by atoms with Crippen LogP contribution >= 0.6 is 11.3 Å². The molecule has 3 rings (SSSR count). The van der Waals surface area contributed by atoms with Crippen molar-refractivity contribution >= 4 is 29.7 Å². The number of benzene rings is 2. The number of nitro groups is 1. The summed E-state index contributed by atoms with van der Waals surface area (Å²) >= 11 is 6.99. The molecule has 5 nitrogen and oxygen atoms in total. The van der Waals surface area contributed by atoms with E-state index < -0.39 is 4.92 Å². The second-order valence-electron chi connectivity index (χ2n) is 5.14. The summed E-state index contributed by atoms with van der Waals surface area (Å²) in [6.45, 7) is 0. The first-order valence-corrected chi connectivity index (χ1v) is 8.33. The summed E-state index contributed by atoms with van der Waals surface area (Å²) in [6, 6.07) is 14.3. The Morgan fingerprint density at radius 2 is 1.88 bits per heavy atom. The third-order valence-corrected chi connectivity index (χ3v) is 5.22. The SMILES string of the molecule is COc1ccc(-c2sc([S-])c(-c3cccc([N+](=O)[O-])c3)[n+]2C)cc1. The topological polar surface area (TPSA) is 56.3 Å². The van der Waals surface area contributed by atoms with Gasteiger partial charge in [-0.05, 0) is 34.5 Å². The van der Waals surface area contributed by atoms with E-state index in [1.807, 2.05) is 41.9 Å². The van der Waals surface area contributed by atoms with Crippen LogP contribution in [0.5, 0.6) is 5.75 Å². The molecule has 122 valence electrons. The van der Waals surface area contributed by atoms with Crippen molar-refractivity contribution < 1.29 is 14.2 Å². The molecule has 0 N–H and O–H groups in total. The molecule has 0 unspecified atom stereocenters. The lowest BCUT2D eigenvalue weighted by atomic mass is 10.1. The highest BCUT2D eigenvalue weighted by Crippen LogP contribution is 2.33. The Kier molecular flexibility index (Phi) is 4.46. The zero-order valence-corrected chi connectivity index (χ0v) is 14.7. The van der Waals surface area contributed by atoms with Crippen molar-refractivity contribution in [3.05, 3.63) is 58.6 Å². The van der Waals surface area contributed by atoms with Crippen LogP contribution in [0.15, 0.2) is 52.7 Å². The zero-order chi connectivity index (χ0) is 17.3. The number of hydrogen-bond donors (Lipinski definition) is 0. The lowest BCUT2D eigenvalue weighted by molar-refractivity contribution is -0.646. The number of rotatable bonds is 4. The first-order valence-electron chi connectivity index (χ1n) is 7.10. The molecule has 7 heteroatoms. The third-order valence-electron chi connectivity index (χ3n) is 3.69. The first kappa shape index (κ1) is 16.4. The number of methoxy groups -OCH3 is 1. The van der Waals surface area contributed by atoms with E-state index in [0.717, 1.165) is 27.6 Å². The van der Waals surface area contributed by atoms with Crippen LogP contribution in [0.1, 0.15) is 0 Å². The van der Waals surface area contributed by atoms with Crippen LogP contribution in [0.2, 0.25) is 0 Å². The van der Waals surface area contributed by atoms with Crippen LogP contribution in [0.4, 0.5) is 5.69 Å². The fourth-order valence-electron chi connectivity index (χ4n) is 2.51. The number of thiazole rings is 1. The fraction of sp³-hybridized carbons (Fsp3) is 0.118. The van der Waals surface area contributed by atoms with E-state index in [-0.39, 0.29) is 5.69 Å². The van der Waals surface area contributed by atoms with Crippen molar-refractivity contribution in [1.82, 2.24) is 0 Å². The molecule has 24 heavy (non-hydrogen) atoms. The van der Waals surface area contributed by atoms with Crippen LogP contribution < -0.4 is 9.30 Å². The number of nitro benzene ring substituents is 1. The number of hydrogen-bond acceptors (Lipinski definition) is 5. The van der Waals surface area contributed by atoms with Gasteiger partial charge in [0.25, 0.3) is 5.69 Å². The van der Waals surface area contributed by atoms with E-state index in [1.165, 1.54) is 17.4 Å². The van der Waals surface area contributed by atoms with Gasteiger partial charge in [-0.2, -0.15) is 0 Å². The summed E-state index contributed by atoms with van der Waals surface area (Å²) in [5.74, 6) is 0.787. The summed E-state index contributed by atoms with van der Waals surface area (Å²) < 4.78 is 7.86. The average Bonchev–Trinajstić information content (AvgIpc) is 2.89. The number of aromatic nitrogens is 1. The van der Waals surface area contributed by atoms with Crippen LogP contribution in [0.3, 0.4) is 0 Å². The van der Waals surface area contributed by atoms with E-state index >= 15 is 0 Å². The van der Waals surface area contributed by atoms with Gasteiger partial charge in [0.2, 0.25) is 5.69 Å². The smallest absolute Gasteiger partial charge is 0.270 e. The van der Waals surface area contributed by atoms with Gasteiger partial charge >= 0.3 is 0 Å². The Labute approximate surface area is 148 Å². The van der Waals surface area contributed by atoms with Gasteiger partial charge in [0.05, 0.1) is 17.6 Å². The number of ether oxygens (including phenoxy) is 1. The van der Waals surface area contributed by atoms with E-state index in [2.05, 4.69) is 0 Å². The van der Waals surface area contributed by atoms with Crippen molar-refractivity contribution in [2.45, 2.75) is 4.21 Å². The monoisotopic (exact) mass is 358 g/mol. The Balaban J connectivity index is 2.09. The molecule has 0 atom stereocenters. The zero-order valence-electron chi connectivity index (χ0n) is 13.1. The van der Waals surface area contributed by atoms with Crippen molar-refractivity contribution in [3.8, 4) is 27.6 Å². The van der Waals surface area contributed by atoms with Gasteiger partial charge in [0.15, 0.2) is 5.01 Å². The summed E-state index contributed by atoms with van der Waals surface area (Å²) in [6.07, 6.45) is 0. The van der Waals surface area contributed by atoms with Gasteiger partial charge in [-0.1, -0.05) is 6.07 Å². The first-order chi connectivity index (χ1) is 11.5. The molecule has 2 aromatic carbocycles. The quantitative estimate of drug-likeness (QED) is 0.309. The second kappa shape index (κ2) is 6.54. The van der Waals surface area contributed by atoms with Gasteiger partial charge in [-0.3, -0.25) is 21.5 Å². The van der Waals surface area contributed by atoms with E-state index in [9.17, 15) is 10.1 Å². The number of non-ortho nitro benzene ring substituents is 1. The predicted octanol–water partition coefficient (Wildman–Crippen LogP) is 3.73. The summed E-state index contributed by atoms with van der Waals surface area (Å²) in [4.78, 5) is 10.6. The van der Waals surface area contributed by atoms with Gasteiger partial charge in [-0.15, -0.1) is 0 Å². The van der Waals surface area contributed by atoms with Gasteiger partial charge < -0.3 is 17.4 Å². The Morgan fingerprint density at radius 3 is 2.50 bits per heavy atom. The lowest BCUT2D eigenvalue weighted by Crippen LogP contribution is -2.30. The van der Waals surface area contributed by atoms with E-state index in [1.54, 1.807) is 19.2 Å².